The first-order valence-electron chi connectivity index (χ1n) is 4.89. The van der Waals surface area contributed by atoms with Crippen LogP contribution in [-0.4, -0.2) is 18.0 Å². The minimum atomic E-state index is 0. The molecule has 2 N–H and O–H groups in total. The maximum Gasteiger partial charge on any atom is 0.0233 e. The van der Waals surface area contributed by atoms with Crippen LogP contribution in [0.15, 0.2) is 24.3 Å². The Morgan fingerprint density at radius 1 is 1.00 bits per heavy atom. The van der Waals surface area contributed by atoms with Crippen molar-refractivity contribution in [2.75, 3.05) is 13.1 Å². The van der Waals surface area contributed by atoms with Crippen molar-refractivity contribution in [3.05, 3.63) is 35.4 Å². The molecular formula is C11H18Cl2N2. The van der Waals surface area contributed by atoms with Crippen molar-refractivity contribution in [1.29, 1.82) is 0 Å². The van der Waals surface area contributed by atoms with Gasteiger partial charge in [0.2, 0.25) is 0 Å². The van der Waals surface area contributed by atoms with E-state index in [1.807, 2.05) is 0 Å². The number of benzene rings is 1. The van der Waals surface area contributed by atoms with Gasteiger partial charge in [-0.25, -0.2) is 0 Å². The third-order valence-corrected chi connectivity index (χ3v) is 2.61. The lowest BCUT2D eigenvalue weighted by Crippen LogP contribution is -2.36. The van der Waals surface area contributed by atoms with E-state index < -0.39 is 0 Å². The number of halogens is 2. The molecule has 1 aromatic rings. The first-order chi connectivity index (χ1) is 6.38. The van der Waals surface area contributed by atoms with Gasteiger partial charge in [-0.05, 0) is 30.6 Å². The van der Waals surface area contributed by atoms with E-state index >= 15 is 0 Å². The second-order valence-corrected chi connectivity index (χ2v) is 3.65. The molecule has 0 aromatic heterocycles. The van der Waals surface area contributed by atoms with Gasteiger partial charge in [-0.1, -0.05) is 24.3 Å². The molecule has 1 aromatic carbocycles. The quantitative estimate of drug-likeness (QED) is 0.889. The molecule has 1 fully saturated rings. The van der Waals surface area contributed by atoms with Gasteiger partial charge in [0.15, 0.2) is 0 Å². The third kappa shape index (κ3) is 3.99. The monoisotopic (exact) mass is 248 g/mol. The SMILES string of the molecule is Cl.Cl.NCc1ccc(CN2CCC2)cc1. The highest BCUT2D eigenvalue weighted by atomic mass is 35.5. The molecular weight excluding hydrogens is 231 g/mol. The zero-order valence-corrected chi connectivity index (χ0v) is 10.3. The lowest BCUT2D eigenvalue weighted by atomic mass is 10.1. The van der Waals surface area contributed by atoms with Crippen LogP contribution in [0.25, 0.3) is 0 Å². The van der Waals surface area contributed by atoms with Crippen LogP contribution in [0.5, 0.6) is 0 Å². The predicted octanol–water partition coefficient (Wildman–Crippen LogP) is 2.19. The first kappa shape index (κ1) is 14.7. The largest absolute Gasteiger partial charge is 0.326 e. The van der Waals surface area contributed by atoms with Gasteiger partial charge in [0.1, 0.15) is 0 Å². The molecule has 0 unspecified atom stereocenters. The molecule has 1 saturated heterocycles. The molecule has 1 aliphatic rings. The topological polar surface area (TPSA) is 29.3 Å². The van der Waals surface area contributed by atoms with Crippen LogP contribution >= 0.6 is 24.8 Å². The number of rotatable bonds is 3. The predicted molar refractivity (Wildman–Crippen MR) is 68.7 cm³/mol. The van der Waals surface area contributed by atoms with Crippen molar-refractivity contribution in [2.24, 2.45) is 5.73 Å². The van der Waals surface area contributed by atoms with Crippen LogP contribution in [0.2, 0.25) is 0 Å². The lowest BCUT2D eigenvalue weighted by molar-refractivity contribution is 0.172. The number of nitrogens with two attached hydrogens (primary N) is 1. The fourth-order valence-corrected chi connectivity index (χ4v) is 1.58. The normalized spacial score (nSPS) is 14.7. The zero-order chi connectivity index (χ0) is 9.10. The van der Waals surface area contributed by atoms with E-state index in [9.17, 15) is 0 Å². The molecule has 15 heavy (non-hydrogen) atoms. The summed E-state index contributed by atoms with van der Waals surface area (Å²) in [5.41, 5.74) is 8.14. The second kappa shape index (κ2) is 7.07. The van der Waals surface area contributed by atoms with Crippen molar-refractivity contribution < 1.29 is 0 Å². The van der Waals surface area contributed by atoms with Crippen molar-refractivity contribution in [2.45, 2.75) is 19.5 Å². The van der Waals surface area contributed by atoms with Crippen molar-refractivity contribution in [3.63, 3.8) is 0 Å². The van der Waals surface area contributed by atoms with Gasteiger partial charge < -0.3 is 5.73 Å². The minimum Gasteiger partial charge on any atom is -0.326 e. The molecule has 0 aliphatic carbocycles. The Morgan fingerprint density at radius 3 is 1.93 bits per heavy atom. The van der Waals surface area contributed by atoms with Gasteiger partial charge in [-0.15, -0.1) is 24.8 Å². The summed E-state index contributed by atoms with van der Waals surface area (Å²) in [5.74, 6) is 0. The molecule has 86 valence electrons. The molecule has 0 saturated carbocycles. The Bertz CT molecular complexity index is 270. The Morgan fingerprint density at radius 2 is 1.53 bits per heavy atom. The number of nitrogens with zero attached hydrogens (tertiary/aromatic N) is 1. The fourth-order valence-electron chi connectivity index (χ4n) is 1.58. The molecule has 1 aliphatic heterocycles. The van der Waals surface area contributed by atoms with E-state index in [2.05, 4.69) is 29.2 Å². The van der Waals surface area contributed by atoms with Gasteiger partial charge in [0.25, 0.3) is 0 Å². The average molecular weight is 249 g/mol. The smallest absolute Gasteiger partial charge is 0.0233 e. The highest BCUT2D eigenvalue weighted by Crippen LogP contribution is 2.12. The maximum absolute atomic E-state index is 5.53. The highest BCUT2D eigenvalue weighted by molar-refractivity contribution is 5.85. The molecule has 0 bridgehead atoms. The van der Waals surface area contributed by atoms with Gasteiger partial charge >= 0.3 is 0 Å². The molecule has 0 amide bonds. The van der Waals surface area contributed by atoms with Crippen LogP contribution in [0.3, 0.4) is 0 Å². The average Bonchev–Trinajstić information content (AvgIpc) is 2.12. The molecule has 0 atom stereocenters. The number of hydrogen-bond acceptors (Lipinski definition) is 2. The molecule has 2 rings (SSSR count). The summed E-state index contributed by atoms with van der Waals surface area (Å²) in [7, 11) is 0. The fraction of sp³-hybridized carbons (Fsp3) is 0.455. The summed E-state index contributed by atoms with van der Waals surface area (Å²) < 4.78 is 0. The Kier molecular flexibility index (Phi) is 6.94. The van der Waals surface area contributed by atoms with Gasteiger partial charge in [0.05, 0.1) is 0 Å². The van der Waals surface area contributed by atoms with Crippen molar-refractivity contribution >= 4 is 24.8 Å². The molecule has 2 nitrogen and oxygen atoms in total. The second-order valence-electron chi connectivity index (χ2n) is 3.65. The summed E-state index contributed by atoms with van der Waals surface area (Å²) in [6.07, 6.45) is 1.36. The number of likely N-dealkylation sites (tertiary alicyclic amines) is 1. The van der Waals surface area contributed by atoms with E-state index in [1.165, 1.54) is 30.6 Å². The van der Waals surface area contributed by atoms with Gasteiger partial charge in [-0.2, -0.15) is 0 Å². The van der Waals surface area contributed by atoms with Crippen LogP contribution in [0.4, 0.5) is 0 Å². The van der Waals surface area contributed by atoms with Gasteiger partial charge in [0, 0.05) is 13.1 Å². The highest BCUT2D eigenvalue weighted by Gasteiger charge is 2.13. The van der Waals surface area contributed by atoms with Crippen molar-refractivity contribution in [3.8, 4) is 0 Å². The first-order valence-corrected chi connectivity index (χ1v) is 4.89. The third-order valence-electron chi connectivity index (χ3n) is 2.61. The summed E-state index contributed by atoms with van der Waals surface area (Å²) in [4.78, 5) is 2.46. The summed E-state index contributed by atoms with van der Waals surface area (Å²) >= 11 is 0. The Labute approximate surface area is 104 Å². The molecule has 1 heterocycles. The maximum atomic E-state index is 5.53. The summed E-state index contributed by atoms with van der Waals surface area (Å²) in [6, 6.07) is 8.60. The Balaban J connectivity index is 0.000000980. The summed E-state index contributed by atoms with van der Waals surface area (Å²) in [6.45, 7) is 4.27. The number of hydrogen-bond donors (Lipinski definition) is 1. The van der Waals surface area contributed by atoms with Crippen LogP contribution in [0, 0.1) is 0 Å². The lowest BCUT2D eigenvalue weighted by Gasteiger charge is -2.30. The molecule has 0 spiro atoms. The van der Waals surface area contributed by atoms with E-state index in [-0.39, 0.29) is 24.8 Å². The minimum absolute atomic E-state index is 0. The van der Waals surface area contributed by atoms with Gasteiger partial charge in [-0.3, -0.25) is 4.90 Å². The Hall–Kier alpha value is -0.280. The van der Waals surface area contributed by atoms with E-state index in [1.54, 1.807) is 0 Å². The van der Waals surface area contributed by atoms with Crippen LogP contribution in [0.1, 0.15) is 17.5 Å². The van der Waals surface area contributed by atoms with Crippen LogP contribution < -0.4 is 5.73 Å². The van der Waals surface area contributed by atoms with Crippen molar-refractivity contribution in [1.82, 2.24) is 4.90 Å². The van der Waals surface area contributed by atoms with E-state index in [0.29, 0.717) is 6.54 Å². The van der Waals surface area contributed by atoms with E-state index in [4.69, 9.17) is 5.73 Å². The van der Waals surface area contributed by atoms with Crippen LogP contribution in [-0.2, 0) is 13.1 Å². The molecule has 0 radical (unpaired) electrons. The molecule has 4 heteroatoms. The van der Waals surface area contributed by atoms with E-state index in [0.717, 1.165) is 6.54 Å². The zero-order valence-electron chi connectivity index (χ0n) is 8.69. The standard InChI is InChI=1S/C11H16N2.2ClH/c12-8-10-2-4-11(5-3-10)9-13-6-1-7-13;;/h2-5H,1,6-9,12H2;2*1H. The summed E-state index contributed by atoms with van der Waals surface area (Å²) in [5, 5.41) is 0.